The topological polar surface area (TPSA) is 9.23 Å². The van der Waals surface area contributed by atoms with Gasteiger partial charge in [0.15, 0.2) is 0 Å². The molecule has 0 bridgehead atoms. The Hall–Kier alpha value is -0.980. The van der Waals surface area contributed by atoms with Crippen LogP contribution in [-0.2, 0) is 6.42 Å². The first-order valence-electron chi connectivity index (χ1n) is 7.42. The second-order valence-electron chi connectivity index (χ2n) is 7.04. The van der Waals surface area contributed by atoms with Crippen LogP contribution in [0.1, 0.15) is 63.3 Å². The summed E-state index contributed by atoms with van der Waals surface area (Å²) in [6.45, 7) is 17.4. The van der Waals surface area contributed by atoms with Gasteiger partial charge in [-0.25, -0.2) is 0 Å². The highest BCUT2D eigenvalue weighted by Gasteiger charge is 2.28. The molecule has 0 amide bonds. The van der Waals surface area contributed by atoms with Gasteiger partial charge in [-0.1, -0.05) is 26.8 Å². The van der Waals surface area contributed by atoms with E-state index in [0.29, 0.717) is 0 Å². The summed E-state index contributed by atoms with van der Waals surface area (Å²) in [5.41, 5.74) is 5.44. The molecule has 19 heavy (non-hydrogen) atoms. The van der Waals surface area contributed by atoms with Crippen LogP contribution < -0.4 is 4.74 Å². The quantitative estimate of drug-likeness (QED) is 0.610. The van der Waals surface area contributed by atoms with Crippen LogP contribution in [0.3, 0.4) is 0 Å². The molecular weight excluding hydrogens is 232 g/mol. The van der Waals surface area contributed by atoms with Gasteiger partial charge >= 0.3 is 0 Å². The molecule has 1 heterocycles. The highest BCUT2D eigenvalue weighted by Crippen LogP contribution is 2.38. The zero-order valence-electron chi connectivity index (χ0n) is 14.0. The summed E-state index contributed by atoms with van der Waals surface area (Å²) >= 11 is 0. The molecule has 0 unspecified atom stereocenters. The van der Waals surface area contributed by atoms with Crippen molar-refractivity contribution >= 4 is 0 Å². The van der Waals surface area contributed by atoms with E-state index < -0.39 is 0 Å². The van der Waals surface area contributed by atoms with Crippen molar-refractivity contribution < 1.29 is 4.74 Å². The molecule has 108 valence electrons. The second kappa shape index (κ2) is 5.98. The van der Waals surface area contributed by atoms with Crippen LogP contribution in [0.2, 0.25) is 0 Å². The van der Waals surface area contributed by atoms with Gasteiger partial charge in [-0.05, 0) is 75.6 Å². The highest BCUT2D eigenvalue weighted by molar-refractivity contribution is 5.51. The van der Waals surface area contributed by atoms with Gasteiger partial charge in [0.2, 0.25) is 0 Å². The number of benzene rings is 1. The number of fused-ring (bicyclic) bond motifs is 1. The molecule has 1 nitrogen and oxygen atoms in total. The van der Waals surface area contributed by atoms with Crippen LogP contribution in [0.4, 0.5) is 0 Å². The number of hydrogen-bond donors (Lipinski definition) is 0. The molecule has 0 saturated carbocycles. The van der Waals surface area contributed by atoms with Crippen LogP contribution in [0.25, 0.3) is 0 Å². The van der Waals surface area contributed by atoms with Crippen LogP contribution in [-0.4, -0.2) is 5.60 Å². The average Bonchev–Trinajstić information content (AvgIpc) is 2.24. The Morgan fingerprint density at radius 3 is 2.11 bits per heavy atom. The predicted octanol–water partition coefficient (Wildman–Crippen LogP) is 5.38. The number of rotatable bonds is 0. The van der Waals surface area contributed by atoms with Crippen molar-refractivity contribution in [1.29, 1.82) is 0 Å². The van der Waals surface area contributed by atoms with E-state index in [2.05, 4.69) is 61.5 Å². The summed E-state index contributed by atoms with van der Waals surface area (Å²) in [6, 6.07) is 2.27. The summed E-state index contributed by atoms with van der Waals surface area (Å²) < 4.78 is 6.11. The van der Waals surface area contributed by atoms with Crippen molar-refractivity contribution in [2.24, 2.45) is 5.92 Å². The van der Waals surface area contributed by atoms with Gasteiger partial charge in [0.25, 0.3) is 0 Å². The standard InChI is InChI=1S/C14H20O.C4H10/c1-9-8-10(2)12-6-7-14(4,5)15-13(12)11(9)3;1-4(2)3/h8H,6-7H2,1-5H3;4H,1-3H3. The summed E-state index contributed by atoms with van der Waals surface area (Å²) in [7, 11) is 0. The van der Waals surface area contributed by atoms with Gasteiger partial charge < -0.3 is 4.74 Å². The summed E-state index contributed by atoms with van der Waals surface area (Å²) in [5, 5.41) is 0. The predicted molar refractivity (Wildman–Crippen MR) is 84.2 cm³/mol. The molecule has 0 aromatic heterocycles. The first kappa shape index (κ1) is 16.1. The SMILES string of the molecule is CC(C)C.Cc1cc(C)c2c(c1C)OC(C)(C)CC2. The Labute approximate surface area is 119 Å². The molecule has 0 fully saturated rings. The van der Waals surface area contributed by atoms with E-state index in [1.807, 2.05) is 0 Å². The van der Waals surface area contributed by atoms with Crippen LogP contribution in [0, 0.1) is 26.7 Å². The lowest BCUT2D eigenvalue weighted by atomic mass is 9.89. The average molecular weight is 262 g/mol. The Bertz CT molecular complexity index is 439. The lowest BCUT2D eigenvalue weighted by molar-refractivity contribution is 0.0834. The zero-order chi connectivity index (χ0) is 14.8. The minimum atomic E-state index is -0.00199. The number of ether oxygens (including phenoxy) is 1. The zero-order valence-corrected chi connectivity index (χ0v) is 14.0. The minimum Gasteiger partial charge on any atom is -0.487 e. The van der Waals surface area contributed by atoms with Gasteiger partial charge in [-0.2, -0.15) is 0 Å². The van der Waals surface area contributed by atoms with Gasteiger partial charge in [-0.3, -0.25) is 0 Å². The van der Waals surface area contributed by atoms with Crippen molar-refractivity contribution in [3.63, 3.8) is 0 Å². The van der Waals surface area contributed by atoms with Crippen molar-refractivity contribution in [3.05, 3.63) is 28.3 Å². The maximum Gasteiger partial charge on any atom is 0.126 e. The molecule has 0 N–H and O–H groups in total. The van der Waals surface area contributed by atoms with Crippen molar-refractivity contribution in [2.45, 2.75) is 73.8 Å². The van der Waals surface area contributed by atoms with E-state index in [0.717, 1.165) is 24.5 Å². The number of aryl methyl sites for hydroxylation is 2. The molecule has 0 radical (unpaired) electrons. The first-order valence-corrected chi connectivity index (χ1v) is 7.42. The molecule has 1 aliphatic heterocycles. The van der Waals surface area contributed by atoms with E-state index in [9.17, 15) is 0 Å². The van der Waals surface area contributed by atoms with E-state index >= 15 is 0 Å². The largest absolute Gasteiger partial charge is 0.487 e. The molecule has 1 aromatic rings. The van der Waals surface area contributed by atoms with Crippen LogP contribution in [0.5, 0.6) is 5.75 Å². The third kappa shape index (κ3) is 4.26. The van der Waals surface area contributed by atoms with Crippen molar-refractivity contribution in [2.75, 3.05) is 0 Å². The fourth-order valence-electron chi connectivity index (χ4n) is 2.31. The normalized spacial score (nSPS) is 16.3. The smallest absolute Gasteiger partial charge is 0.126 e. The summed E-state index contributed by atoms with van der Waals surface area (Å²) in [4.78, 5) is 0. The number of hydrogen-bond acceptors (Lipinski definition) is 1. The van der Waals surface area contributed by atoms with Gasteiger partial charge in [0, 0.05) is 0 Å². The Balaban J connectivity index is 0.000000399. The van der Waals surface area contributed by atoms with E-state index in [1.54, 1.807) is 0 Å². The van der Waals surface area contributed by atoms with E-state index in [4.69, 9.17) is 4.74 Å². The van der Waals surface area contributed by atoms with Crippen molar-refractivity contribution in [3.8, 4) is 5.75 Å². The maximum atomic E-state index is 6.11. The Kier molecular flexibility index (Phi) is 5.06. The minimum absolute atomic E-state index is 0.00199. The van der Waals surface area contributed by atoms with E-state index in [1.165, 1.54) is 22.3 Å². The summed E-state index contributed by atoms with van der Waals surface area (Å²) in [5.74, 6) is 1.98. The molecule has 2 rings (SSSR count). The molecule has 1 heteroatoms. The molecule has 0 spiro atoms. The lowest BCUT2D eigenvalue weighted by Crippen LogP contribution is -2.33. The second-order valence-corrected chi connectivity index (χ2v) is 7.04. The van der Waals surface area contributed by atoms with Crippen LogP contribution in [0.15, 0.2) is 6.07 Å². The van der Waals surface area contributed by atoms with E-state index in [-0.39, 0.29) is 5.60 Å². The summed E-state index contributed by atoms with van der Waals surface area (Å²) in [6.07, 6.45) is 2.26. The molecule has 0 atom stereocenters. The van der Waals surface area contributed by atoms with Gasteiger partial charge in [-0.15, -0.1) is 0 Å². The molecule has 0 aliphatic carbocycles. The third-order valence-electron chi connectivity index (χ3n) is 3.47. The molecule has 1 aliphatic rings. The first-order chi connectivity index (χ1) is 8.64. The van der Waals surface area contributed by atoms with Gasteiger partial charge in [0.05, 0.1) is 0 Å². The molecular formula is C18H30O. The maximum absolute atomic E-state index is 6.11. The highest BCUT2D eigenvalue weighted by atomic mass is 16.5. The lowest BCUT2D eigenvalue weighted by Gasteiger charge is -2.34. The fourth-order valence-corrected chi connectivity index (χ4v) is 2.31. The monoisotopic (exact) mass is 262 g/mol. The fraction of sp³-hybridized carbons (Fsp3) is 0.667. The van der Waals surface area contributed by atoms with Crippen LogP contribution >= 0.6 is 0 Å². The molecule has 1 aromatic carbocycles. The Morgan fingerprint density at radius 1 is 1.05 bits per heavy atom. The third-order valence-corrected chi connectivity index (χ3v) is 3.47. The Morgan fingerprint density at radius 2 is 1.58 bits per heavy atom. The van der Waals surface area contributed by atoms with Crippen molar-refractivity contribution in [1.82, 2.24) is 0 Å². The van der Waals surface area contributed by atoms with Gasteiger partial charge in [0.1, 0.15) is 11.4 Å². The molecule has 0 saturated heterocycles.